The summed E-state index contributed by atoms with van der Waals surface area (Å²) in [6, 6.07) is 25.1. The molecule has 0 atom stereocenters. The summed E-state index contributed by atoms with van der Waals surface area (Å²) in [6.45, 7) is 0.611. The van der Waals surface area contributed by atoms with Crippen molar-refractivity contribution in [1.82, 2.24) is 0 Å². The molecule has 0 aliphatic rings. The molecular formula is C24H23NO3. The quantitative estimate of drug-likeness (QED) is 0.567. The minimum atomic E-state index is -0.187. The number of methoxy groups -OCH3 is 1. The molecule has 0 unspecified atom stereocenters. The molecule has 0 saturated carbocycles. The van der Waals surface area contributed by atoms with Gasteiger partial charge < -0.3 is 14.8 Å². The molecule has 0 radical (unpaired) electrons. The minimum absolute atomic E-state index is 0.187. The van der Waals surface area contributed by atoms with E-state index in [1.54, 1.807) is 13.2 Å². The molecule has 1 amide bonds. The number of nitrogens with one attached hydrogen (secondary N) is 1. The van der Waals surface area contributed by atoms with Crippen molar-refractivity contribution in [3.05, 3.63) is 96.1 Å². The number of benzene rings is 3. The number of ether oxygens (including phenoxy) is 2. The highest BCUT2D eigenvalue weighted by Crippen LogP contribution is 2.17. The van der Waals surface area contributed by atoms with Gasteiger partial charge in [0.2, 0.25) is 5.91 Å². The van der Waals surface area contributed by atoms with Crippen molar-refractivity contribution in [3.8, 4) is 11.5 Å². The van der Waals surface area contributed by atoms with Gasteiger partial charge in [-0.3, -0.25) is 4.79 Å². The molecule has 0 aromatic heterocycles. The van der Waals surface area contributed by atoms with Gasteiger partial charge in [0.05, 0.1) is 13.7 Å². The Morgan fingerprint density at radius 2 is 1.57 bits per heavy atom. The molecule has 3 rings (SSSR count). The number of hydrogen-bond donors (Lipinski definition) is 1. The van der Waals surface area contributed by atoms with Gasteiger partial charge in [0.15, 0.2) is 0 Å². The van der Waals surface area contributed by atoms with Crippen LogP contribution >= 0.6 is 0 Å². The molecule has 0 fully saturated rings. The van der Waals surface area contributed by atoms with Crippen LogP contribution in [0.2, 0.25) is 0 Å². The van der Waals surface area contributed by atoms with E-state index in [0.717, 1.165) is 29.2 Å². The Morgan fingerprint density at radius 1 is 0.893 bits per heavy atom. The Balaban J connectivity index is 1.46. The molecule has 28 heavy (non-hydrogen) atoms. The Hall–Kier alpha value is -3.53. The summed E-state index contributed by atoms with van der Waals surface area (Å²) in [4.78, 5) is 12.1. The molecule has 142 valence electrons. The van der Waals surface area contributed by atoms with E-state index in [1.165, 1.54) is 11.6 Å². The van der Waals surface area contributed by atoms with Gasteiger partial charge in [-0.15, -0.1) is 0 Å². The third-order valence-electron chi connectivity index (χ3n) is 4.17. The van der Waals surface area contributed by atoms with E-state index in [-0.39, 0.29) is 5.91 Å². The van der Waals surface area contributed by atoms with E-state index in [0.29, 0.717) is 6.61 Å². The summed E-state index contributed by atoms with van der Waals surface area (Å²) in [5, 5.41) is 2.84. The predicted molar refractivity (Wildman–Crippen MR) is 113 cm³/mol. The third-order valence-corrected chi connectivity index (χ3v) is 4.17. The van der Waals surface area contributed by atoms with Crippen molar-refractivity contribution in [1.29, 1.82) is 0 Å². The van der Waals surface area contributed by atoms with Crippen molar-refractivity contribution >= 4 is 17.7 Å². The van der Waals surface area contributed by atoms with E-state index in [2.05, 4.69) is 17.4 Å². The first kappa shape index (κ1) is 19.2. The molecule has 0 bridgehead atoms. The highest BCUT2D eigenvalue weighted by Gasteiger charge is 2.00. The monoisotopic (exact) mass is 373 g/mol. The standard InChI is InChI=1S/C24H23NO3/c1-27-22-12-7-20(8-13-22)9-16-24(26)25-21-10-14-23(15-11-21)28-18-17-19-5-3-2-4-6-19/h2-16H,17-18H2,1H3,(H,25,26)/b16-9+. The van der Waals surface area contributed by atoms with E-state index in [4.69, 9.17) is 9.47 Å². The van der Waals surface area contributed by atoms with E-state index < -0.39 is 0 Å². The summed E-state index contributed by atoms with van der Waals surface area (Å²) >= 11 is 0. The summed E-state index contributed by atoms with van der Waals surface area (Å²) in [6.07, 6.45) is 4.12. The summed E-state index contributed by atoms with van der Waals surface area (Å²) in [5.41, 5.74) is 2.90. The zero-order valence-corrected chi connectivity index (χ0v) is 15.8. The van der Waals surface area contributed by atoms with Crippen molar-refractivity contribution in [2.24, 2.45) is 0 Å². The first-order valence-electron chi connectivity index (χ1n) is 9.13. The molecule has 3 aromatic rings. The lowest BCUT2D eigenvalue weighted by Gasteiger charge is -2.08. The second-order valence-corrected chi connectivity index (χ2v) is 6.20. The number of anilines is 1. The Labute approximate surface area is 165 Å². The first-order chi connectivity index (χ1) is 13.7. The molecule has 0 aliphatic heterocycles. The summed E-state index contributed by atoms with van der Waals surface area (Å²) in [5.74, 6) is 1.38. The summed E-state index contributed by atoms with van der Waals surface area (Å²) < 4.78 is 10.9. The molecule has 4 nitrogen and oxygen atoms in total. The second-order valence-electron chi connectivity index (χ2n) is 6.20. The molecule has 1 N–H and O–H groups in total. The number of amides is 1. The van der Waals surface area contributed by atoms with Crippen LogP contribution in [0.25, 0.3) is 6.08 Å². The molecule has 0 heterocycles. The lowest BCUT2D eigenvalue weighted by Crippen LogP contribution is -2.07. The van der Waals surface area contributed by atoms with Crippen molar-refractivity contribution in [2.75, 3.05) is 19.0 Å². The summed E-state index contributed by atoms with van der Waals surface area (Å²) in [7, 11) is 1.62. The van der Waals surface area contributed by atoms with Crippen LogP contribution in [0.3, 0.4) is 0 Å². The van der Waals surface area contributed by atoms with E-state index in [1.807, 2.05) is 66.7 Å². The molecule has 0 aliphatic carbocycles. The number of carbonyl (C=O) groups is 1. The third kappa shape index (κ3) is 6.02. The van der Waals surface area contributed by atoms with Crippen molar-refractivity contribution in [2.45, 2.75) is 6.42 Å². The Bertz CT molecular complexity index is 901. The zero-order chi connectivity index (χ0) is 19.6. The highest BCUT2D eigenvalue weighted by atomic mass is 16.5. The fourth-order valence-corrected chi connectivity index (χ4v) is 2.64. The van der Waals surface area contributed by atoms with Crippen molar-refractivity contribution in [3.63, 3.8) is 0 Å². The lowest BCUT2D eigenvalue weighted by molar-refractivity contribution is -0.111. The average Bonchev–Trinajstić information content (AvgIpc) is 2.75. The molecule has 0 spiro atoms. The number of hydrogen-bond acceptors (Lipinski definition) is 3. The van der Waals surface area contributed by atoms with Crippen LogP contribution in [0.5, 0.6) is 11.5 Å². The minimum Gasteiger partial charge on any atom is -0.497 e. The second kappa shape index (κ2) is 9.97. The SMILES string of the molecule is COc1ccc(/C=C/C(=O)Nc2ccc(OCCc3ccccc3)cc2)cc1. The van der Waals surface area contributed by atoms with E-state index in [9.17, 15) is 4.79 Å². The molecule has 4 heteroatoms. The Kier molecular flexibility index (Phi) is 6.85. The van der Waals surface area contributed by atoms with Gasteiger partial charge >= 0.3 is 0 Å². The Morgan fingerprint density at radius 3 is 2.25 bits per heavy atom. The van der Waals surface area contributed by atoms with Crippen LogP contribution in [0.15, 0.2) is 84.9 Å². The van der Waals surface area contributed by atoms with Crippen LogP contribution in [0.1, 0.15) is 11.1 Å². The maximum Gasteiger partial charge on any atom is 0.248 e. The van der Waals surface area contributed by atoms with Crippen molar-refractivity contribution < 1.29 is 14.3 Å². The highest BCUT2D eigenvalue weighted by molar-refractivity contribution is 6.01. The van der Waals surface area contributed by atoms with Crippen LogP contribution in [0, 0.1) is 0 Å². The number of rotatable bonds is 8. The predicted octanol–water partition coefficient (Wildman–Crippen LogP) is 4.97. The maximum atomic E-state index is 12.1. The largest absolute Gasteiger partial charge is 0.497 e. The molecule has 0 saturated heterocycles. The smallest absolute Gasteiger partial charge is 0.248 e. The normalized spacial score (nSPS) is 10.6. The molecule has 3 aromatic carbocycles. The van der Waals surface area contributed by atoms with E-state index >= 15 is 0 Å². The zero-order valence-electron chi connectivity index (χ0n) is 15.8. The van der Waals surface area contributed by atoms with Gasteiger partial charge in [0.25, 0.3) is 0 Å². The van der Waals surface area contributed by atoms with Crippen LogP contribution < -0.4 is 14.8 Å². The topological polar surface area (TPSA) is 47.6 Å². The van der Waals surface area contributed by atoms with Crippen LogP contribution in [0.4, 0.5) is 5.69 Å². The van der Waals surface area contributed by atoms with Crippen LogP contribution in [-0.2, 0) is 11.2 Å². The maximum absolute atomic E-state index is 12.1. The van der Waals surface area contributed by atoms with Gasteiger partial charge in [-0.2, -0.15) is 0 Å². The van der Waals surface area contributed by atoms with Gasteiger partial charge in [0, 0.05) is 18.2 Å². The van der Waals surface area contributed by atoms with Gasteiger partial charge in [-0.05, 0) is 53.6 Å². The molecular weight excluding hydrogens is 350 g/mol. The van der Waals surface area contributed by atoms with Crippen LogP contribution in [-0.4, -0.2) is 19.6 Å². The van der Waals surface area contributed by atoms with Gasteiger partial charge in [-0.25, -0.2) is 0 Å². The fourth-order valence-electron chi connectivity index (χ4n) is 2.64. The van der Waals surface area contributed by atoms with Gasteiger partial charge in [-0.1, -0.05) is 42.5 Å². The first-order valence-corrected chi connectivity index (χ1v) is 9.13. The average molecular weight is 373 g/mol. The van der Waals surface area contributed by atoms with Gasteiger partial charge in [0.1, 0.15) is 11.5 Å². The lowest BCUT2D eigenvalue weighted by atomic mass is 10.2. The fraction of sp³-hybridized carbons (Fsp3) is 0.125. The number of carbonyl (C=O) groups excluding carboxylic acids is 1.